The minimum absolute atomic E-state index is 0.0203. The minimum Gasteiger partial charge on any atom is -0.504 e. The highest BCUT2D eigenvalue weighted by atomic mass is 79.9. The van der Waals surface area contributed by atoms with Crippen molar-refractivity contribution >= 4 is 78.0 Å². The third-order valence-electron chi connectivity index (χ3n) is 9.08. The molecule has 1 fully saturated rings. The van der Waals surface area contributed by atoms with E-state index in [9.17, 15) is 44.5 Å². The fourth-order valence-electron chi connectivity index (χ4n) is 7.24. The number of halogens is 2. The topological polar surface area (TPSA) is 190 Å². The van der Waals surface area contributed by atoms with Crippen LogP contribution in [0.5, 0.6) is 11.5 Å². The molecule has 47 heavy (non-hydrogen) atoms. The number of phenols is 1. The highest BCUT2D eigenvalue weighted by Gasteiger charge is 2.57. The van der Waals surface area contributed by atoms with Crippen molar-refractivity contribution < 1.29 is 38.9 Å². The first-order valence-electron chi connectivity index (χ1n) is 14.1. The number of carbonyl (C=O) groups is 4. The number of Topliss-reactive ketones (excluding diaryl/α,β-unsaturated/α-hetero) is 1. The molecular formula is C31H24Br2N4O10. The molecule has 2 amide bonds. The standard InChI is InChI=1S/C31H24Br2N4O10/c1-34(2)27-20(36(43)44)8-13(9-21(27)37(45)46)35-30(41)15-5-4-14-16(25(15)31(35)42)10-18-26(22(38)11-19(33)28(18)39)24(14)17-6-12(32)7-23(47-3)29(17)40/h4,6-9,11,15-16,24-25,40H,5,10H2,1-3H3. The smallest absolute Gasteiger partial charge is 0.301 e. The largest absolute Gasteiger partial charge is 0.504 e. The van der Waals surface area contributed by atoms with E-state index in [1.165, 1.54) is 32.2 Å². The van der Waals surface area contributed by atoms with Crippen LogP contribution in [0.25, 0.3) is 0 Å². The van der Waals surface area contributed by atoms with Gasteiger partial charge in [0.1, 0.15) is 0 Å². The number of nitro groups is 2. The van der Waals surface area contributed by atoms with E-state index in [-0.39, 0.29) is 56.9 Å². The molecule has 0 bridgehead atoms. The Kier molecular flexibility index (Phi) is 7.91. The molecular weight excluding hydrogens is 748 g/mol. The molecule has 4 atom stereocenters. The number of hydrogen-bond acceptors (Lipinski definition) is 11. The second-order valence-electron chi connectivity index (χ2n) is 11.7. The second-order valence-corrected chi connectivity index (χ2v) is 13.5. The summed E-state index contributed by atoms with van der Waals surface area (Å²) in [5, 5.41) is 35.3. The predicted octanol–water partition coefficient (Wildman–Crippen LogP) is 5.01. The normalized spacial score (nSPS) is 23.6. The number of fused-ring (bicyclic) bond motifs is 3. The van der Waals surface area contributed by atoms with Crippen molar-refractivity contribution in [1.29, 1.82) is 0 Å². The van der Waals surface area contributed by atoms with Crippen molar-refractivity contribution in [2.45, 2.75) is 18.8 Å². The molecule has 0 aromatic heterocycles. The molecule has 4 unspecified atom stereocenters. The number of ether oxygens (including phenoxy) is 1. The van der Waals surface area contributed by atoms with Crippen LogP contribution in [0.3, 0.4) is 0 Å². The van der Waals surface area contributed by atoms with Gasteiger partial charge in [-0.15, -0.1) is 0 Å². The van der Waals surface area contributed by atoms with Crippen LogP contribution in [-0.4, -0.2) is 59.5 Å². The predicted molar refractivity (Wildman–Crippen MR) is 174 cm³/mol. The van der Waals surface area contributed by atoms with Gasteiger partial charge in [0.15, 0.2) is 28.8 Å². The van der Waals surface area contributed by atoms with Gasteiger partial charge in [-0.1, -0.05) is 27.6 Å². The number of amides is 2. The lowest BCUT2D eigenvalue weighted by atomic mass is 9.59. The minimum atomic E-state index is -1.07. The third kappa shape index (κ3) is 4.88. The number of ketones is 2. The number of benzene rings is 2. The van der Waals surface area contributed by atoms with Crippen LogP contribution in [0.1, 0.15) is 24.3 Å². The van der Waals surface area contributed by atoms with Crippen LogP contribution in [0.15, 0.2) is 62.1 Å². The fraction of sp³-hybridized carbons (Fsp3) is 0.290. The molecule has 6 rings (SSSR count). The molecule has 2 aromatic carbocycles. The zero-order valence-corrected chi connectivity index (χ0v) is 28.0. The van der Waals surface area contributed by atoms with Crippen LogP contribution in [0.2, 0.25) is 0 Å². The Hall–Kier alpha value is -4.70. The van der Waals surface area contributed by atoms with Gasteiger partial charge >= 0.3 is 11.4 Å². The Morgan fingerprint density at radius 1 is 0.979 bits per heavy atom. The molecule has 0 saturated carbocycles. The van der Waals surface area contributed by atoms with Crippen LogP contribution >= 0.6 is 31.9 Å². The molecule has 14 nitrogen and oxygen atoms in total. The van der Waals surface area contributed by atoms with E-state index >= 15 is 0 Å². The molecule has 242 valence electrons. The number of nitrogens with zero attached hydrogens (tertiary/aromatic N) is 4. The first kappa shape index (κ1) is 32.2. The summed E-state index contributed by atoms with van der Waals surface area (Å²) in [5.41, 5.74) is -0.921. The zero-order valence-electron chi connectivity index (χ0n) is 24.9. The molecule has 16 heteroatoms. The summed E-state index contributed by atoms with van der Waals surface area (Å²) in [6.45, 7) is 0. The van der Waals surface area contributed by atoms with Crippen LogP contribution in [-0.2, 0) is 19.2 Å². The van der Waals surface area contributed by atoms with E-state index in [2.05, 4.69) is 31.9 Å². The first-order valence-corrected chi connectivity index (χ1v) is 15.7. The maximum Gasteiger partial charge on any atom is 0.301 e. The first-order chi connectivity index (χ1) is 22.2. The number of phenolic OH excluding ortho intramolecular Hbond substituents is 1. The Bertz CT molecular complexity index is 1930. The maximum absolute atomic E-state index is 14.3. The summed E-state index contributed by atoms with van der Waals surface area (Å²) in [6, 6.07) is 5.05. The monoisotopic (exact) mass is 770 g/mol. The Morgan fingerprint density at radius 2 is 1.62 bits per heavy atom. The van der Waals surface area contributed by atoms with Gasteiger partial charge in [0.2, 0.25) is 11.8 Å². The quantitative estimate of drug-likeness (QED) is 0.137. The van der Waals surface area contributed by atoms with Crippen molar-refractivity contribution in [3.63, 3.8) is 0 Å². The summed E-state index contributed by atoms with van der Waals surface area (Å²) in [5.74, 6) is -6.39. The van der Waals surface area contributed by atoms with Gasteiger partial charge in [0.25, 0.3) is 0 Å². The molecule has 1 N–H and O–H groups in total. The molecule has 3 aliphatic carbocycles. The molecule has 2 aromatic rings. The Morgan fingerprint density at radius 3 is 2.19 bits per heavy atom. The van der Waals surface area contributed by atoms with Crippen LogP contribution < -0.4 is 14.5 Å². The second kappa shape index (κ2) is 11.5. The van der Waals surface area contributed by atoms with E-state index in [0.29, 0.717) is 10.0 Å². The lowest BCUT2D eigenvalue weighted by Crippen LogP contribution is -2.39. The number of rotatable bonds is 6. The van der Waals surface area contributed by atoms with Gasteiger partial charge in [-0.25, -0.2) is 4.90 Å². The molecule has 0 radical (unpaired) electrons. The summed E-state index contributed by atoms with van der Waals surface area (Å²) in [4.78, 5) is 79.5. The summed E-state index contributed by atoms with van der Waals surface area (Å²) >= 11 is 6.57. The maximum atomic E-state index is 14.3. The third-order valence-corrected chi connectivity index (χ3v) is 10.1. The number of nitro benzene ring substituents is 2. The zero-order chi connectivity index (χ0) is 34.2. The number of imide groups is 1. The number of methoxy groups -OCH3 is 1. The highest BCUT2D eigenvalue weighted by Crippen LogP contribution is 2.58. The van der Waals surface area contributed by atoms with E-state index in [1.54, 1.807) is 12.1 Å². The van der Waals surface area contributed by atoms with Gasteiger partial charge in [-0.2, -0.15) is 0 Å². The average Bonchev–Trinajstić information content (AvgIpc) is 3.28. The van der Waals surface area contributed by atoms with Crippen molar-refractivity contribution in [2.24, 2.45) is 17.8 Å². The van der Waals surface area contributed by atoms with Crippen molar-refractivity contribution in [3.8, 4) is 11.5 Å². The average molecular weight is 772 g/mol. The van der Waals surface area contributed by atoms with Gasteiger partial charge in [-0.05, 0) is 46.8 Å². The highest BCUT2D eigenvalue weighted by molar-refractivity contribution is 9.12. The van der Waals surface area contributed by atoms with E-state index in [4.69, 9.17) is 4.74 Å². The lowest BCUT2D eigenvalue weighted by molar-refractivity contribution is -0.392. The molecule has 1 aliphatic heterocycles. The number of carbonyl (C=O) groups excluding carboxylic acids is 4. The number of hydrogen-bond donors (Lipinski definition) is 1. The number of allylic oxidation sites excluding steroid dienone is 6. The van der Waals surface area contributed by atoms with Crippen molar-refractivity contribution in [2.75, 3.05) is 31.0 Å². The van der Waals surface area contributed by atoms with Crippen LogP contribution in [0.4, 0.5) is 22.7 Å². The number of anilines is 2. The van der Waals surface area contributed by atoms with Crippen LogP contribution in [0, 0.1) is 38.0 Å². The summed E-state index contributed by atoms with van der Waals surface area (Å²) < 4.78 is 5.87. The van der Waals surface area contributed by atoms with Crippen molar-refractivity contribution in [3.05, 3.63) is 87.9 Å². The van der Waals surface area contributed by atoms with Gasteiger partial charge in [-0.3, -0.25) is 39.4 Å². The summed E-state index contributed by atoms with van der Waals surface area (Å²) in [6.07, 6.45) is 2.85. The molecule has 1 heterocycles. The Labute approximate surface area is 282 Å². The molecule has 4 aliphatic rings. The number of aromatic hydroxyl groups is 1. The van der Waals surface area contributed by atoms with Gasteiger partial charge in [0, 0.05) is 59.4 Å². The van der Waals surface area contributed by atoms with Crippen molar-refractivity contribution in [1.82, 2.24) is 0 Å². The van der Waals surface area contributed by atoms with E-state index in [0.717, 1.165) is 23.1 Å². The SMILES string of the molecule is COc1cc(Br)cc(C2C3=CCC4C(=O)N(c5cc([N+](=O)[O-])c(N(C)C)c([N+](=O)[O-])c5)C(=O)C4C3CC3=C2C(=O)C=C(Br)C3=O)c1O. The molecule has 0 spiro atoms. The van der Waals surface area contributed by atoms with E-state index in [1.807, 2.05) is 0 Å². The lowest BCUT2D eigenvalue weighted by Gasteiger charge is -2.42. The van der Waals surface area contributed by atoms with Gasteiger partial charge < -0.3 is 14.7 Å². The van der Waals surface area contributed by atoms with E-state index < -0.39 is 68.3 Å². The molecule has 1 saturated heterocycles. The Balaban J connectivity index is 1.51. The van der Waals surface area contributed by atoms with Gasteiger partial charge in [0.05, 0.1) is 39.0 Å². The fourth-order valence-corrected chi connectivity index (χ4v) is 8.14. The summed E-state index contributed by atoms with van der Waals surface area (Å²) in [7, 11) is 4.15.